The second kappa shape index (κ2) is 7.38. The Morgan fingerprint density at radius 2 is 2.14 bits per heavy atom. The molecule has 1 aromatic carbocycles. The van der Waals surface area contributed by atoms with Crippen molar-refractivity contribution < 1.29 is 13.9 Å². The van der Waals surface area contributed by atoms with E-state index < -0.39 is 0 Å². The largest absolute Gasteiger partial charge is 0.379 e. The molecular weight excluding hydrogens is 273 g/mol. The molecule has 116 valence electrons. The maximum absolute atomic E-state index is 13.4. The van der Waals surface area contributed by atoms with Crippen molar-refractivity contribution >= 4 is 11.7 Å². The van der Waals surface area contributed by atoms with Crippen LogP contribution in [-0.4, -0.2) is 49.8 Å². The van der Waals surface area contributed by atoms with E-state index in [1.165, 1.54) is 6.07 Å². The first-order chi connectivity index (χ1) is 10.1. The van der Waals surface area contributed by atoms with Crippen LogP contribution in [0.2, 0.25) is 0 Å². The molecule has 0 saturated carbocycles. The number of carbonyl (C=O) groups is 1. The molecule has 0 aromatic heterocycles. The summed E-state index contributed by atoms with van der Waals surface area (Å²) in [6, 6.07) is 4.57. The molecule has 1 heterocycles. The summed E-state index contributed by atoms with van der Waals surface area (Å²) in [5.41, 5.74) is 1.01. The maximum atomic E-state index is 13.4. The fraction of sp³-hybridized carbons (Fsp3) is 0.533. The molecule has 1 saturated heterocycles. The van der Waals surface area contributed by atoms with Gasteiger partial charge in [-0.1, -0.05) is 6.07 Å². The van der Waals surface area contributed by atoms with Gasteiger partial charge in [0, 0.05) is 31.4 Å². The highest BCUT2D eigenvalue weighted by atomic mass is 19.1. The number of aryl methyl sites for hydroxylation is 1. The number of hydrogen-bond donors (Lipinski definition) is 2. The summed E-state index contributed by atoms with van der Waals surface area (Å²) >= 11 is 0. The lowest BCUT2D eigenvalue weighted by molar-refractivity contribution is 0.0209. The third-order valence-corrected chi connectivity index (χ3v) is 3.66. The summed E-state index contributed by atoms with van der Waals surface area (Å²) in [5, 5.41) is 5.44. The van der Waals surface area contributed by atoms with Crippen LogP contribution in [0.5, 0.6) is 0 Å². The third kappa shape index (κ3) is 4.68. The van der Waals surface area contributed by atoms with E-state index in [0.29, 0.717) is 17.8 Å². The van der Waals surface area contributed by atoms with Crippen LogP contribution >= 0.6 is 0 Å². The molecule has 21 heavy (non-hydrogen) atoms. The Morgan fingerprint density at radius 3 is 2.81 bits per heavy atom. The number of halogens is 1. The highest BCUT2D eigenvalue weighted by Crippen LogP contribution is 2.13. The average molecular weight is 295 g/mol. The van der Waals surface area contributed by atoms with E-state index in [0.717, 1.165) is 26.3 Å². The van der Waals surface area contributed by atoms with Crippen molar-refractivity contribution in [1.29, 1.82) is 0 Å². The van der Waals surface area contributed by atoms with Crippen LogP contribution < -0.4 is 10.6 Å². The van der Waals surface area contributed by atoms with Gasteiger partial charge in [-0.05, 0) is 31.5 Å². The molecule has 0 spiro atoms. The minimum absolute atomic E-state index is 0.245. The van der Waals surface area contributed by atoms with Gasteiger partial charge < -0.3 is 15.4 Å². The number of anilines is 1. The lowest BCUT2D eigenvalue weighted by Gasteiger charge is -2.32. The fourth-order valence-electron chi connectivity index (χ4n) is 2.23. The number of ether oxygens (including phenoxy) is 1. The monoisotopic (exact) mass is 295 g/mol. The number of rotatable bonds is 4. The van der Waals surface area contributed by atoms with Gasteiger partial charge in [0.05, 0.1) is 13.2 Å². The number of carbonyl (C=O) groups excluding carboxylic acids is 1. The number of benzene rings is 1. The molecule has 0 unspecified atom stereocenters. The summed E-state index contributed by atoms with van der Waals surface area (Å²) in [6.07, 6.45) is 0. The van der Waals surface area contributed by atoms with Crippen molar-refractivity contribution in [2.24, 2.45) is 0 Å². The zero-order chi connectivity index (χ0) is 15.2. The van der Waals surface area contributed by atoms with Gasteiger partial charge >= 0.3 is 6.03 Å². The van der Waals surface area contributed by atoms with Crippen molar-refractivity contribution in [1.82, 2.24) is 10.2 Å². The first-order valence-corrected chi connectivity index (χ1v) is 7.19. The van der Waals surface area contributed by atoms with Crippen LogP contribution in [0.25, 0.3) is 0 Å². The van der Waals surface area contributed by atoms with Crippen LogP contribution in [0.1, 0.15) is 12.5 Å². The molecule has 2 N–H and O–H groups in total. The quantitative estimate of drug-likeness (QED) is 0.893. The molecule has 1 aliphatic rings. The van der Waals surface area contributed by atoms with Gasteiger partial charge in [-0.25, -0.2) is 9.18 Å². The first kappa shape index (κ1) is 15.7. The van der Waals surface area contributed by atoms with Crippen LogP contribution in [0.4, 0.5) is 14.9 Å². The van der Waals surface area contributed by atoms with Crippen molar-refractivity contribution in [3.8, 4) is 0 Å². The van der Waals surface area contributed by atoms with Gasteiger partial charge in [-0.3, -0.25) is 4.90 Å². The number of morpholine rings is 1. The topological polar surface area (TPSA) is 53.6 Å². The Kier molecular flexibility index (Phi) is 5.52. The SMILES string of the molecule is Cc1ccc(NC(=O)NC[C@@H](C)N2CCOCC2)cc1F. The standard InChI is InChI=1S/C15H22FN3O2/c1-11-3-4-13(9-14(11)16)18-15(20)17-10-12(2)19-5-7-21-8-6-19/h3-4,9,12H,5-8,10H2,1-2H3,(H2,17,18,20)/t12-/m1/s1. The second-order valence-electron chi connectivity index (χ2n) is 5.30. The zero-order valence-corrected chi connectivity index (χ0v) is 12.5. The van der Waals surface area contributed by atoms with E-state index in [4.69, 9.17) is 4.74 Å². The molecule has 1 atom stereocenters. The molecule has 1 aliphatic heterocycles. The number of amides is 2. The molecule has 0 radical (unpaired) electrons. The number of urea groups is 1. The maximum Gasteiger partial charge on any atom is 0.319 e. The summed E-state index contributed by atoms with van der Waals surface area (Å²) in [5.74, 6) is -0.325. The predicted molar refractivity (Wildman–Crippen MR) is 80.0 cm³/mol. The normalized spacial score (nSPS) is 17.3. The molecular formula is C15H22FN3O2. The molecule has 2 amide bonds. The molecule has 0 bridgehead atoms. The summed E-state index contributed by atoms with van der Waals surface area (Å²) in [4.78, 5) is 14.1. The number of hydrogen-bond acceptors (Lipinski definition) is 3. The Hall–Kier alpha value is -1.66. The lowest BCUT2D eigenvalue weighted by atomic mass is 10.2. The zero-order valence-electron chi connectivity index (χ0n) is 12.5. The van der Waals surface area contributed by atoms with Crippen molar-refractivity contribution in [2.45, 2.75) is 19.9 Å². The highest BCUT2D eigenvalue weighted by Gasteiger charge is 2.17. The smallest absolute Gasteiger partial charge is 0.319 e. The Morgan fingerprint density at radius 1 is 1.43 bits per heavy atom. The number of nitrogens with one attached hydrogen (secondary N) is 2. The fourth-order valence-corrected chi connectivity index (χ4v) is 2.23. The lowest BCUT2D eigenvalue weighted by Crippen LogP contribution is -2.47. The van der Waals surface area contributed by atoms with Crippen molar-refractivity contribution in [3.05, 3.63) is 29.6 Å². The van der Waals surface area contributed by atoms with E-state index >= 15 is 0 Å². The van der Waals surface area contributed by atoms with E-state index in [1.54, 1.807) is 19.1 Å². The summed E-state index contributed by atoms with van der Waals surface area (Å²) < 4.78 is 18.7. The van der Waals surface area contributed by atoms with Gasteiger partial charge in [-0.2, -0.15) is 0 Å². The number of nitrogens with zero attached hydrogens (tertiary/aromatic N) is 1. The van der Waals surface area contributed by atoms with Gasteiger partial charge in [0.2, 0.25) is 0 Å². The van der Waals surface area contributed by atoms with E-state index in [2.05, 4.69) is 22.5 Å². The van der Waals surface area contributed by atoms with Gasteiger partial charge in [-0.15, -0.1) is 0 Å². The van der Waals surface area contributed by atoms with Gasteiger partial charge in [0.15, 0.2) is 0 Å². The van der Waals surface area contributed by atoms with Crippen LogP contribution in [-0.2, 0) is 4.74 Å². The molecule has 2 rings (SSSR count). The summed E-state index contributed by atoms with van der Waals surface area (Å²) in [7, 11) is 0. The van der Waals surface area contributed by atoms with Crippen LogP contribution in [0.3, 0.4) is 0 Å². The van der Waals surface area contributed by atoms with Crippen molar-refractivity contribution in [2.75, 3.05) is 38.2 Å². The van der Waals surface area contributed by atoms with E-state index in [9.17, 15) is 9.18 Å². The predicted octanol–water partition coefficient (Wildman–Crippen LogP) is 1.98. The molecule has 1 aromatic rings. The van der Waals surface area contributed by atoms with Gasteiger partial charge in [0.1, 0.15) is 5.82 Å². The van der Waals surface area contributed by atoms with Crippen LogP contribution in [0, 0.1) is 12.7 Å². The second-order valence-corrected chi connectivity index (χ2v) is 5.30. The minimum Gasteiger partial charge on any atom is -0.379 e. The molecule has 1 fully saturated rings. The molecule has 0 aliphatic carbocycles. The van der Waals surface area contributed by atoms with E-state index in [-0.39, 0.29) is 17.9 Å². The Balaban J connectivity index is 1.77. The Labute approximate surface area is 124 Å². The average Bonchev–Trinajstić information content (AvgIpc) is 2.49. The highest BCUT2D eigenvalue weighted by molar-refractivity contribution is 5.89. The van der Waals surface area contributed by atoms with Crippen LogP contribution in [0.15, 0.2) is 18.2 Å². The third-order valence-electron chi connectivity index (χ3n) is 3.66. The van der Waals surface area contributed by atoms with Gasteiger partial charge in [0.25, 0.3) is 0 Å². The Bertz CT molecular complexity index is 490. The molecule has 5 nitrogen and oxygen atoms in total. The molecule has 6 heteroatoms. The van der Waals surface area contributed by atoms with E-state index in [1.807, 2.05) is 0 Å². The summed E-state index contributed by atoms with van der Waals surface area (Å²) in [6.45, 7) is 7.53. The van der Waals surface area contributed by atoms with Crippen molar-refractivity contribution in [3.63, 3.8) is 0 Å². The minimum atomic E-state index is -0.325. The first-order valence-electron chi connectivity index (χ1n) is 7.19.